The smallest absolute Gasteiger partial charge is 0.186 e. The molecule has 0 fully saturated rings. The summed E-state index contributed by atoms with van der Waals surface area (Å²) in [6, 6.07) is 14.6. The van der Waals surface area contributed by atoms with E-state index in [0.29, 0.717) is 15.4 Å². The molecule has 2 nitrogen and oxygen atoms in total. The van der Waals surface area contributed by atoms with Crippen molar-refractivity contribution in [3.63, 3.8) is 0 Å². The average molecular weight is 284 g/mol. The molecule has 1 atom stereocenters. The van der Waals surface area contributed by atoms with Crippen molar-refractivity contribution in [2.45, 2.75) is 23.6 Å². The van der Waals surface area contributed by atoms with Gasteiger partial charge in [0.15, 0.2) is 5.78 Å². The molecule has 102 valence electrons. The molecule has 0 aromatic heterocycles. The molecule has 0 aliphatic rings. The van der Waals surface area contributed by atoms with Crippen molar-refractivity contribution in [3.05, 3.63) is 71.8 Å². The summed E-state index contributed by atoms with van der Waals surface area (Å²) in [5, 5.41) is 0. The monoisotopic (exact) mass is 284 g/mol. The predicted octanol–water partition coefficient (Wildman–Crippen LogP) is 3.92. The topological polar surface area (TPSA) is 34.1 Å². The lowest BCUT2D eigenvalue weighted by atomic mass is 10.1. The first-order valence-corrected chi connectivity index (χ1v) is 7.53. The average Bonchev–Trinajstić information content (AvgIpc) is 2.47. The van der Waals surface area contributed by atoms with Gasteiger partial charge in [-0.2, -0.15) is 0 Å². The second-order valence-electron chi connectivity index (χ2n) is 4.44. The Morgan fingerprint density at radius 1 is 1.05 bits per heavy atom. The molecule has 2 aromatic rings. The Kier molecular flexibility index (Phi) is 4.64. The van der Waals surface area contributed by atoms with Crippen LogP contribution in [0.1, 0.15) is 22.8 Å². The van der Waals surface area contributed by atoms with Gasteiger partial charge in [0, 0.05) is 10.5 Å². The molecule has 0 aliphatic carbocycles. The Hall–Kier alpha value is -2.00. The third-order valence-corrected chi connectivity index (χ3v) is 4.36. The highest BCUT2D eigenvalue weighted by Crippen LogP contribution is 2.21. The molecular weight excluding hydrogens is 268 g/mol. The lowest BCUT2D eigenvalue weighted by molar-refractivity contribution is 0.104. The first kappa shape index (κ1) is 14.4. The molecule has 0 N–H and O–H groups in total. The number of hydrogen-bond acceptors (Lipinski definition) is 2. The fraction of sp³-hybridized carbons (Fsp3) is 0.118. The van der Waals surface area contributed by atoms with Gasteiger partial charge in [-0.15, -0.1) is 0 Å². The summed E-state index contributed by atoms with van der Waals surface area (Å²) in [6.45, 7) is 3.77. The summed E-state index contributed by atoms with van der Waals surface area (Å²) >= 11 is 0. The van der Waals surface area contributed by atoms with Crippen LogP contribution in [-0.4, -0.2) is 9.99 Å². The molecule has 0 saturated carbocycles. The van der Waals surface area contributed by atoms with Crippen LogP contribution in [0.2, 0.25) is 0 Å². The Morgan fingerprint density at radius 3 is 2.35 bits per heavy atom. The van der Waals surface area contributed by atoms with Gasteiger partial charge in [0.1, 0.15) is 0 Å². The number of rotatable bonds is 4. The van der Waals surface area contributed by atoms with Crippen molar-refractivity contribution >= 4 is 16.6 Å². The van der Waals surface area contributed by atoms with E-state index in [1.54, 1.807) is 37.3 Å². The van der Waals surface area contributed by atoms with Crippen molar-refractivity contribution in [3.8, 4) is 0 Å². The Labute approximate surface area is 121 Å². The zero-order chi connectivity index (χ0) is 14.5. The maximum Gasteiger partial charge on any atom is 0.186 e. The van der Waals surface area contributed by atoms with E-state index in [1.807, 2.05) is 31.2 Å². The number of aryl methyl sites for hydroxylation is 1. The lowest BCUT2D eigenvalue weighted by Gasteiger charge is -2.07. The van der Waals surface area contributed by atoms with Crippen molar-refractivity contribution < 1.29 is 9.00 Å². The van der Waals surface area contributed by atoms with Crippen LogP contribution in [-0.2, 0) is 10.8 Å². The van der Waals surface area contributed by atoms with Gasteiger partial charge in [-0.05, 0) is 44.2 Å². The molecule has 2 rings (SSSR count). The fourth-order valence-corrected chi connectivity index (χ4v) is 3.07. The standard InChI is InChI=1S/C17H16O2S/c1-3-6-16(18)15-7-4-5-8-17(15)20(19)14-11-9-13(2)10-12-14/h3-12H,1-2H3/b6-3+. The molecule has 20 heavy (non-hydrogen) atoms. The highest BCUT2D eigenvalue weighted by molar-refractivity contribution is 7.85. The predicted molar refractivity (Wildman–Crippen MR) is 81.4 cm³/mol. The number of carbonyl (C=O) groups excluding carboxylic acids is 1. The van der Waals surface area contributed by atoms with Gasteiger partial charge in [-0.25, -0.2) is 4.21 Å². The molecular formula is C17H16O2S. The van der Waals surface area contributed by atoms with E-state index in [0.717, 1.165) is 5.56 Å². The highest BCUT2D eigenvalue weighted by atomic mass is 32.2. The summed E-state index contributed by atoms with van der Waals surface area (Å²) in [5.74, 6) is -0.122. The second-order valence-corrected chi connectivity index (χ2v) is 5.89. The SMILES string of the molecule is C/C=C/C(=O)c1ccccc1S(=O)c1ccc(C)cc1. The molecule has 0 radical (unpaired) electrons. The quantitative estimate of drug-likeness (QED) is 0.630. The van der Waals surface area contributed by atoms with E-state index in [9.17, 15) is 9.00 Å². The molecule has 0 spiro atoms. The normalized spacial score (nSPS) is 12.5. The molecule has 0 bridgehead atoms. The molecule has 0 heterocycles. The number of benzene rings is 2. The summed E-state index contributed by atoms with van der Waals surface area (Å²) in [4.78, 5) is 13.3. The van der Waals surface area contributed by atoms with Gasteiger partial charge in [0.2, 0.25) is 0 Å². The van der Waals surface area contributed by atoms with Crippen molar-refractivity contribution in [1.82, 2.24) is 0 Å². The third kappa shape index (κ3) is 3.11. The van der Waals surface area contributed by atoms with E-state index >= 15 is 0 Å². The first-order chi connectivity index (χ1) is 9.63. The molecule has 2 aromatic carbocycles. The molecule has 3 heteroatoms. The minimum atomic E-state index is -1.35. The van der Waals surface area contributed by atoms with Gasteiger partial charge >= 0.3 is 0 Å². The van der Waals surface area contributed by atoms with E-state index in [1.165, 1.54) is 6.08 Å². The highest BCUT2D eigenvalue weighted by Gasteiger charge is 2.15. The third-order valence-electron chi connectivity index (χ3n) is 2.91. The van der Waals surface area contributed by atoms with Crippen LogP contribution in [0.4, 0.5) is 0 Å². The largest absolute Gasteiger partial charge is 0.289 e. The molecule has 0 saturated heterocycles. The van der Waals surface area contributed by atoms with E-state index in [4.69, 9.17) is 0 Å². The minimum Gasteiger partial charge on any atom is -0.289 e. The zero-order valence-corrected chi connectivity index (χ0v) is 12.3. The van der Waals surface area contributed by atoms with Crippen LogP contribution in [0, 0.1) is 6.92 Å². The van der Waals surface area contributed by atoms with Gasteiger partial charge < -0.3 is 0 Å². The first-order valence-electron chi connectivity index (χ1n) is 6.38. The lowest BCUT2D eigenvalue weighted by Crippen LogP contribution is -2.03. The number of ketones is 1. The maximum absolute atomic E-state index is 12.6. The fourth-order valence-electron chi connectivity index (χ4n) is 1.86. The second kappa shape index (κ2) is 6.44. The molecule has 1 unspecified atom stereocenters. The number of carbonyl (C=O) groups is 1. The van der Waals surface area contributed by atoms with Crippen molar-refractivity contribution in [2.75, 3.05) is 0 Å². The summed E-state index contributed by atoms with van der Waals surface area (Å²) in [5.41, 5.74) is 1.61. The van der Waals surface area contributed by atoms with E-state index in [-0.39, 0.29) is 5.78 Å². The van der Waals surface area contributed by atoms with Crippen molar-refractivity contribution in [1.29, 1.82) is 0 Å². The summed E-state index contributed by atoms with van der Waals surface area (Å²) in [7, 11) is -1.35. The van der Waals surface area contributed by atoms with E-state index < -0.39 is 10.8 Å². The van der Waals surface area contributed by atoms with Crippen LogP contribution in [0.15, 0.2) is 70.5 Å². The maximum atomic E-state index is 12.6. The number of allylic oxidation sites excluding steroid dienone is 2. The number of hydrogen-bond donors (Lipinski definition) is 0. The summed E-state index contributed by atoms with van der Waals surface area (Å²) < 4.78 is 12.6. The van der Waals surface area contributed by atoms with Crippen LogP contribution in [0.5, 0.6) is 0 Å². The van der Waals surface area contributed by atoms with Crippen LogP contribution in [0.25, 0.3) is 0 Å². The molecule has 0 amide bonds. The molecule has 0 aliphatic heterocycles. The van der Waals surface area contributed by atoms with Gasteiger partial charge in [0.25, 0.3) is 0 Å². The van der Waals surface area contributed by atoms with Gasteiger partial charge in [-0.3, -0.25) is 4.79 Å². The summed E-state index contributed by atoms with van der Waals surface area (Å²) in [6.07, 6.45) is 3.18. The van der Waals surface area contributed by atoms with Gasteiger partial charge in [-0.1, -0.05) is 35.9 Å². The van der Waals surface area contributed by atoms with Gasteiger partial charge in [0.05, 0.1) is 15.7 Å². The van der Waals surface area contributed by atoms with Crippen molar-refractivity contribution in [2.24, 2.45) is 0 Å². The Bertz CT molecular complexity index is 670. The van der Waals surface area contributed by atoms with Crippen LogP contribution < -0.4 is 0 Å². The van der Waals surface area contributed by atoms with E-state index in [2.05, 4.69) is 0 Å². The minimum absolute atomic E-state index is 0.122. The van der Waals surface area contributed by atoms with Crippen LogP contribution in [0.3, 0.4) is 0 Å². The van der Waals surface area contributed by atoms with Crippen LogP contribution >= 0.6 is 0 Å². The Morgan fingerprint density at radius 2 is 1.70 bits per heavy atom. The Balaban J connectivity index is 2.45. The zero-order valence-electron chi connectivity index (χ0n) is 11.5.